The van der Waals surface area contributed by atoms with Crippen LogP contribution in [0.1, 0.15) is 86.6 Å². The molecule has 2 saturated carbocycles. The van der Waals surface area contributed by atoms with Crippen LogP contribution < -0.4 is 5.32 Å². The highest BCUT2D eigenvalue weighted by Gasteiger charge is 2.28. The van der Waals surface area contributed by atoms with Gasteiger partial charge in [-0.25, -0.2) is 14.6 Å². The zero-order valence-electron chi connectivity index (χ0n) is 16.2. The maximum absolute atomic E-state index is 13.1. The minimum absolute atomic E-state index is 0.0293. The summed E-state index contributed by atoms with van der Waals surface area (Å²) in [7, 11) is 0. The first kappa shape index (κ1) is 20.1. The molecule has 2 aliphatic rings. The summed E-state index contributed by atoms with van der Waals surface area (Å²) in [6.45, 7) is 2.59. The average molecular weight is 394 g/mol. The second-order valence-electron chi connectivity index (χ2n) is 7.55. The largest absolute Gasteiger partial charge is 0.461 e. The Bertz CT molecular complexity index is 622. The van der Waals surface area contributed by atoms with Gasteiger partial charge in [-0.05, 0) is 32.6 Å². The molecule has 0 saturated heterocycles. The number of carbonyl (C=O) groups is 2. The summed E-state index contributed by atoms with van der Waals surface area (Å²) in [5, 5.41) is 5.78. The number of nitrogens with zero attached hydrogens (tertiary/aromatic N) is 2. The number of esters is 1. The Labute approximate surface area is 165 Å². The number of hydrogen-bond acceptors (Lipinski definition) is 5. The highest BCUT2D eigenvalue weighted by atomic mass is 32.1. The number of hydrogen-bond donors (Lipinski definition) is 1. The van der Waals surface area contributed by atoms with Gasteiger partial charge in [-0.2, -0.15) is 0 Å². The van der Waals surface area contributed by atoms with Gasteiger partial charge in [0.15, 0.2) is 5.69 Å². The van der Waals surface area contributed by atoms with Crippen molar-refractivity contribution in [1.82, 2.24) is 15.2 Å². The molecule has 7 heteroatoms. The second-order valence-corrected chi connectivity index (χ2v) is 8.49. The van der Waals surface area contributed by atoms with Crippen LogP contribution in [-0.2, 0) is 11.3 Å². The number of ether oxygens (including phenoxy) is 1. The molecule has 2 fully saturated rings. The molecule has 3 rings (SSSR count). The fraction of sp³-hybridized carbons (Fsp3) is 0.750. The van der Waals surface area contributed by atoms with Crippen molar-refractivity contribution < 1.29 is 14.3 Å². The molecule has 0 aromatic carbocycles. The number of carbonyl (C=O) groups excluding carboxylic acids is 2. The van der Waals surface area contributed by atoms with Gasteiger partial charge in [0.25, 0.3) is 0 Å². The standard InChI is InChI=1S/C20H31N3O3S/c1-2-26-19(24)17-14-27-18(22-17)13-23(16-11-7-4-8-12-16)20(25)21-15-9-5-3-6-10-15/h14-16H,2-13H2,1H3,(H,21,25). The van der Waals surface area contributed by atoms with E-state index < -0.39 is 5.97 Å². The zero-order valence-corrected chi connectivity index (χ0v) is 17.1. The Morgan fingerprint density at radius 2 is 1.81 bits per heavy atom. The molecule has 2 amide bonds. The lowest BCUT2D eigenvalue weighted by Gasteiger charge is -2.35. The number of thiazole rings is 1. The molecular formula is C20H31N3O3S. The predicted octanol–water partition coefficient (Wildman–Crippen LogP) is 4.50. The number of rotatable bonds is 6. The monoisotopic (exact) mass is 393 g/mol. The molecule has 1 aromatic heterocycles. The van der Waals surface area contributed by atoms with E-state index in [4.69, 9.17) is 4.74 Å². The van der Waals surface area contributed by atoms with E-state index in [0.29, 0.717) is 24.9 Å². The number of amides is 2. The topological polar surface area (TPSA) is 71.5 Å². The quantitative estimate of drug-likeness (QED) is 0.723. The molecule has 0 bridgehead atoms. The number of urea groups is 1. The summed E-state index contributed by atoms with van der Waals surface area (Å²) in [5.74, 6) is -0.393. The van der Waals surface area contributed by atoms with Crippen LogP contribution >= 0.6 is 11.3 Å². The summed E-state index contributed by atoms with van der Waals surface area (Å²) >= 11 is 1.43. The SMILES string of the molecule is CCOC(=O)c1csc(CN(C(=O)NC2CCCCC2)C2CCCCC2)n1. The van der Waals surface area contributed by atoms with Crippen molar-refractivity contribution in [2.75, 3.05) is 6.61 Å². The Morgan fingerprint density at radius 3 is 2.48 bits per heavy atom. The number of aromatic nitrogens is 1. The van der Waals surface area contributed by atoms with E-state index in [0.717, 1.165) is 30.7 Å². The van der Waals surface area contributed by atoms with Crippen molar-refractivity contribution in [3.63, 3.8) is 0 Å². The van der Waals surface area contributed by atoms with Gasteiger partial charge in [0.1, 0.15) is 5.01 Å². The molecule has 150 valence electrons. The fourth-order valence-corrected chi connectivity index (χ4v) is 4.85. The third kappa shape index (κ3) is 5.67. The van der Waals surface area contributed by atoms with Crippen molar-refractivity contribution in [2.45, 2.75) is 89.8 Å². The molecule has 0 spiro atoms. The average Bonchev–Trinajstić information content (AvgIpc) is 3.16. The molecule has 1 aromatic rings. The normalized spacial score (nSPS) is 18.9. The second kappa shape index (κ2) is 10.1. The molecule has 27 heavy (non-hydrogen) atoms. The van der Waals surface area contributed by atoms with Crippen molar-refractivity contribution in [2.24, 2.45) is 0 Å². The van der Waals surface area contributed by atoms with E-state index in [1.807, 2.05) is 4.90 Å². The van der Waals surface area contributed by atoms with Gasteiger partial charge in [0.05, 0.1) is 13.2 Å². The Balaban J connectivity index is 1.67. The summed E-state index contributed by atoms with van der Waals surface area (Å²) in [6.07, 6.45) is 11.5. The third-order valence-corrected chi connectivity index (χ3v) is 6.38. The van der Waals surface area contributed by atoms with E-state index in [1.54, 1.807) is 12.3 Å². The van der Waals surface area contributed by atoms with Gasteiger partial charge in [-0.1, -0.05) is 38.5 Å². The van der Waals surface area contributed by atoms with Crippen molar-refractivity contribution in [3.05, 3.63) is 16.1 Å². The van der Waals surface area contributed by atoms with Crippen molar-refractivity contribution in [3.8, 4) is 0 Å². The highest BCUT2D eigenvalue weighted by Crippen LogP contribution is 2.26. The smallest absolute Gasteiger partial charge is 0.357 e. The minimum Gasteiger partial charge on any atom is -0.461 e. The maximum Gasteiger partial charge on any atom is 0.357 e. The minimum atomic E-state index is -0.393. The Kier molecular flexibility index (Phi) is 7.50. The van der Waals surface area contributed by atoms with Crippen LogP contribution in [0.5, 0.6) is 0 Å². The molecule has 0 atom stereocenters. The lowest BCUT2D eigenvalue weighted by Crippen LogP contribution is -2.49. The van der Waals surface area contributed by atoms with Gasteiger partial charge in [-0.3, -0.25) is 0 Å². The van der Waals surface area contributed by atoms with E-state index in [1.165, 1.54) is 49.9 Å². The predicted molar refractivity (Wildman–Crippen MR) is 106 cm³/mol. The lowest BCUT2D eigenvalue weighted by molar-refractivity contribution is 0.0520. The summed E-state index contributed by atoms with van der Waals surface area (Å²) in [6, 6.07) is 0.586. The molecule has 1 N–H and O–H groups in total. The summed E-state index contributed by atoms with van der Waals surface area (Å²) < 4.78 is 5.02. The van der Waals surface area contributed by atoms with Gasteiger partial charge >= 0.3 is 12.0 Å². The first-order chi connectivity index (χ1) is 13.2. The van der Waals surface area contributed by atoms with Gasteiger partial charge < -0.3 is 15.0 Å². The van der Waals surface area contributed by atoms with Gasteiger partial charge in [0, 0.05) is 17.5 Å². The van der Waals surface area contributed by atoms with E-state index in [9.17, 15) is 9.59 Å². The summed E-state index contributed by atoms with van der Waals surface area (Å²) in [4.78, 5) is 31.3. The van der Waals surface area contributed by atoms with Crippen LogP contribution in [0.15, 0.2) is 5.38 Å². The third-order valence-electron chi connectivity index (χ3n) is 5.55. The van der Waals surface area contributed by atoms with Crippen LogP contribution in [-0.4, -0.2) is 40.6 Å². The molecule has 0 aliphatic heterocycles. The van der Waals surface area contributed by atoms with Crippen molar-refractivity contribution >= 4 is 23.3 Å². The van der Waals surface area contributed by atoms with E-state index in [-0.39, 0.29) is 12.1 Å². The molecule has 1 heterocycles. The van der Waals surface area contributed by atoms with Crippen molar-refractivity contribution in [1.29, 1.82) is 0 Å². The lowest BCUT2D eigenvalue weighted by atomic mass is 9.94. The van der Waals surface area contributed by atoms with Crippen LogP contribution in [0.3, 0.4) is 0 Å². The van der Waals surface area contributed by atoms with Crippen LogP contribution in [0, 0.1) is 0 Å². The first-order valence-corrected chi connectivity index (χ1v) is 11.2. The number of nitrogens with one attached hydrogen (secondary N) is 1. The maximum atomic E-state index is 13.1. The molecule has 0 unspecified atom stereocenters. The highest BCUT2D eigenvalue weighted by molar-refractivity contribution is 7.09. The molecular weight excluding hydrogens is 362 g/mol. The van der Waals surface area contributed by atoms with Crippen LogP contribution in [0.4, 0.5) is 4.79 Å². The molecule has 0 radical (unpaired) electrons. The Hall–Kier alpha value is -1.63. The van der Waals surface area contributed by atoms with Gasteiger partial charge in [0.2, 0.25) is 0 Å². The summed E-state index contributed by atoms with van der Waals surface area (Å²) in [5.41, 5.74) is 0.341. The Morgan fingerprint density at radius 1 is 1.15 bits per heavy atom. The van der Waals surface area contributed by atoms with Crippen LogP contribution in [0.2, 0.25) is 0 Å². The van der Waals surface area contributed by atoms with E-state index >= 15 is 0 Å². The van der Waals surface area contributed by atoms with Gasteiger partial charge in [-0.15, -0.1) is 11.3 Å². The van der Waals surface area contributed by atoms with Crippen LogP contribution in [0.25, 0.3) is 0 Å². The van der Waals surface area contributed by atoms with E-state index in [2.05, 4.69) is 10.3 Å². The fourth-order valence-electron chi connectivity index (χ4n) is 4.09. The molecule has 2 aliphatic carbocycles. The first-order valence-electron chi connectivity index (χ1n) is 10.4. The molecule has 6 nitrogen and oxygen atoms in total. The zero-order chi connectivity index (χ0) is 19.1.